The maximum absolute atomic E-state index is 10.9. The number of rotatable bonds is 3. The van der Waals surface area contributed by atoms with Gasteiger partial charge in [-0.25, -0.2) is 4.79 Å². The molecule has 0 bridgehead atoms. The summed E-state index contributed by atoms with van der Waals surface area (Å²) in [4.78, 5) is 12.0. The number of H-pyrrole nitrogens is 1. The number of aromatic amines is 1. The molecule has 2 aromatic heterocycles. The van der Waals surface area contributed by atoms with Crippen LogP contribution in [0.15, 0.2) is 17.5 Å². The molecule has 2 N–H and O–H groups in total. The summed E-state index contributed by atoms with van der Waals surface area (Å²) in [5, 5.41) is 17.4. The van der Waals surface area contributed by atoms with Gasteiger partial charge in [0.15, 0.2) is 5.69 Å². The van der Waals surface area contributed by atoms with Gasteiger partial charge in [-0.1, -0.05) is 6.07 Å². The minimum absolute atomic E-state index is 0.126. The molecule has 0 radical (unpaired) electrons. The highest BCUT2D eigenvalue weighted by molar-refractivity contribution is 7.09. The van der Waals surface area contributed by atoms with E-state index in [4.69, 9.17) is 5.11 Å². The van der Waals surface area contributed by atoms with Gasteiger partial charge in [-0.3, -0.25) is 5.10 Å². The van der Waals surface area contributed by atoms with Crippen molar-refractivity contribution < 1.29 is 9.90 Å². The molecule has 0 saturated carbocycles. The first kappa shape index (κ1) is 9.92. The second kappa shape index (κ2) is 3.86. The number of hydrogen-bond donors (Lipinski definition) is 2. The Bertz CT molecular complexity index is 474. The molecule has 5 heteroatoms. The number of nitrogens with one attached hydrogen (secondary N) is 1. The number of hydrogen-bond acceptors (Lipinski definition) is 3. The highest BCUT2D eigenvalue weighted by Crippen LogP contribution is 2.19. The van der Waals surface area contributed by atoms with Crippen molar-refractivity contribution in [1.82, 2.24) is 10.2 Å². The quantitative estimate of drug-likeness (QED) is 0.835. The Balaban J connectivity index is 2.35. The first-order valence-corrected chi connectivity index (χ1v) is 5.36. The number of carboxylic acid groups (broad SMARTS) is 1. The Morgan fingerprint density at radius 3 is 3.07 bits per heavy atom. The van der Waals surface area contributed by atoms with E-state index >= 15 is 0 Å². The molecule has 0 atom stereocenters. The van der Waals surface area contributed by atoms with E-state index in [0.717, 1.165) is 16.1 Å². The van der Waals surface area contributed by atoms with Crippen LogP contribution in [0.1, 0.15) is 26.6 Å². The fourth-order valence-corrected chi connectivity index (χ4v) is 2.15. The summed E-state index contributed by atoms with van der Waals surface area (Å²) < 4.78 is 0. The molecule has 2 aromatic rings. The molecule has 0 aromatic carbocycles. The molecule has 0 amide bonds. The monoisotopic (exact) mass is 222 g/mol. The Labute approximate surface area is 90.6 Å². The average molecular weight is 222 g/mol. The van der Waals surface area contributed by atoms with Crippen molar-refractivity contribution >= 4 is 17.3 Å². The third-order valence-corrected chi connectivity index (χ3v) is 3.08. The van der Waals surface area contributed by atoms with E-state index < -0.39 is 5.97 Å². The fourth-order valence-electron chi connectivity index (χ4n) is 1.43. The highest BCUT2D eigenvalue weighted by atomic mass is 32.1. The SMILES string of the molecule is Cc1[nH]nc(C(=O)O)c1Cc1cccs1. The van der Waals surface area contributed by atoms with Gasteiger partial charge in [0.2, 0.25) is 0 Å². The van der Waals surface area contributed by atoms with E-state index in [1.54, 1.807) is 11.3 Å². The maximum atomic E-state index is 10.9. The van der Waals surface area contributed by atoms with Gasteiger partial charge in [0.1, 0.15) is 0 Å². The lowest BCUT2D eigenvalue weighted by atomic mass is 10.1. The fraction of sp³-hybridized carbons (Fsp3) is 0.200. The lowest BCUT2D eigenvalue weighted by molar-refractivity contribution is 0.0689. The number of carbonyl (C=O) groups is 1. The van der Waals surface area contributed by atoms with Crippen molar-refractivity contribution in [3.05, 3.63) is 39.3 Å². The third kappa shape index (κ3) is 1.92. The molecule has 78 valence electrons. The lowest BCUT2D eigenvalue weighted by Crippen LogP contribution is -2.02. The number of aryl methyl sites for hydroxylation is 1. The van der Waals surface area contributed by atoms with E-state index in [2.05, 4.69) is 10.2 Å². The van der Waals surface area contributed by atoms with Crippen LogP contribution in [-0.2, 0) is 6.42 Å². The van der Waals surface area contributed by atoms with Crippen molar-refractivity contribution in [2.24, 2.45) is 0 Å². The summed E-state index contributed by atoms with van der Waals surface area (Å²) in [5.74, 6) is -0.981. The summed E-state index contributed by atoms with van der Waals surface area (Å²) in [6, 6.07) is 3.94. The van der Waals surface area contributed by atoms with E-state index in [-0.39, 0.29) is 5.69 Å². The average Bonchev–Trinajstić information content (AvgIpc) is 2.78. The number of carboxylic acids is 1. The molecule has 0 aliphatic rings. The summed E-state index contributed by atoms with van der Waals surface area (Å²) in [5.41, 5.74) is 1.71. The zero-order valence-corrected chi connectivity index (χ0v) is 8.97. The molecule has 15 heavy (non-hydrogen) atoms. The molecule has 0 aliphatic heterocycles. The van der Waals surface area contributed by atoms with Crippen LogP contribution in [0, 0.1) is 6.92 Å². The second-order valence-corrected chi connectivity index (χ2v) is 4.27. The first-order chi connectivity index (χ1) is 7.18. The van der Waals surface area contributed by atoms with E-state index in [0.29, 0.717) is 6.42 Å². The largest absolute Gasteiger partial charge is 0.476 e. The van der Waals surface area contributed by atoms with Crippen LogP contribution in [0.25, 0.3) is 0 Å². The second-order valence-electron chi connectivity index (χ2n) is 3.24. The Morgan fingerprint density at radius 1 is 1.67 bits per heavy atom. The molecule has 0 unspecified atom stereocenters. The molecule has 0 fully saturated rings. The molecule has 2 rings (SSSR count). The van der Waals surface area contributed by atoms with E-state index in [9.17, 15) is 4.79 Å². The van der Waals surface area contributed by atoms with Crippen LogP contribution in [0.3, 0.4) is 0 Å². The van der Waals surface area contributed by atoms with Crippen molar-refractivity contribution in [1.29, 1.82) is 0 Å². The predicted octanol–water partition coefficient (Wildman–Crippen LogP) is 2.07. The summed E-state index contributed by atoms with van der Waals surface area (Å²) in [7, 11) is 0. The van der Waals surface area contributed by atoms with Gasteiger partial charge in [0.05, 0.1) is 0 Å². The Kier molecular flexibility index (Phi) is 2.55. The summed E-state index contributed by atoms with van der Waals surface area (Å²) in [6.45, 7) is 1.84. The van der Waals surface area contributed by atoms with Crippen molar-refractivity contribution in [2.75, 3.05) is 0 Å². The van der Waals surface area contributed by atoms with Crippen LogP contribution < -0.4 is 0 Å². The van der Waals surface area contributed by atoms with Gasteiger partial charge >= 0.3 is 5.97 Å². The minimum Gasteiger partial charge on any atom is -0.476 e. The van der Waals surface area contributed by atoms with Crippen LogP contribution in [-0.4, -0.2) is 21.3 Å². The molecule has 0 saturated heterocycles. The van der Waals surface area contributed by atoms with E-state index in [1.807, 2.05) is 24.4 Å². The summed E-state index contributed by atoms with van der Waals surface area (Å²) >= 11 is 1.62. The molecule has 0 spiro atoms. The number of aromatic carboxylic acids is 1. The predicted molar refractivity (Wildman–Crippen MR) is 57.4 cm³/mol. The third-order valence-electron chi connectivity index (χ3n) is 2.21. The lowest BCUT2D eigenvalue weighted by Gasteiger charge is -1.98. The smallest absolute Gasteiger partial charge is 0.356 e. The Morgan fingerprint density at radius 2 is 2.47 bits per heavy atom. The number of aromatic nitrogens is 2. The van der Waals surface area contributed by atoms with E-state index in [1.165, 1.54) is 0 Å². The maximum Gasteiger partial charge on any atom is 0.356 e. The topological polar surface area (TPSA) is 66.0 Å². The number of nitrogens with zero attached hydrogens (tertiary/aromatic N) is 1. The first-order valence-electron chi connectivity index (χ1n) is 4.48. The zero-order chi connectivity index (χ0) is 10.8. The molecular formula is C10H10N2O2S. The zero-order valence-electron chi connectivity index (χ0n) is 8.15. The minimum atomic E-state index is -0.981. The van der Waals surface area contributed by atoms with Gasteiger partial charge in [-0.2, -0.15) is 5.10 Å². The number of thiophene rings is 1. The highest BCUT2D eigenvalue weighted by Gasteiger charge is 2.16. The van der Waals surface area contributed by atoms with Crippen LogP contribution in [0.2, 0.25) is 0 Å². The van der Waals surface area contributed by atoms with Crippen molar-refractivity contribution in [2.45, 2.75) is 13.3 Å². The summed E-state index contributed by atoms with van der Waals surface area (Å²) in [6.07, 6.45) is 0.627. The normalized spacial score (nSPS) is 10.5. The molecular weight excluding hydrogens is 212 g/mol. The van der Waals surface area contributed by atoms with Gasteiger partial charge < -0.3 is 5.11 Å². The molecule has 0 aliphatic carbocycles. The molecule has 4 nitrogen and oxygen atoms in total. The van der Waals surface area contributed by atoms with Gasteiger partial charge in [-0.15, -0.1) is 11.3 Å². The molecule has 2 heterocycles. The van der Waals surface area contributed by atoms with Crippen molar-refractivity contribution in [3.8, 4) is 0 Å². The van der Waals surface area contributed by atoms with Gasteiger partial charge in [0.25, 0.3) is 0 Å². The van der Waals surface area contributed by atoms with Crippen LogP contribution in [0.4, 0.5) is 0 Å². The van der Waals surface area contributed by atoms with Crippen LogP contribution in [0.5, 0.6) is 0 Å². The van der Waals surface area contributed by atoms with Crippen LogP contribution >= 0.6 is 11.3 Å². The van der Waals surface area contributed by atoms with Crippen molar-refractivity contribution in [3.63, 3.8) is 0 Å². The standard InChI is InChI=1S/C10H10N2O2S/c1-6-8(5-7-3-2-4-15-7)9(10(13)14)12-11-6/h2-4H,5H2,1H3,(H,11,12)(H,13,14). The Hall–Kier alpha value is -1.62. The van der Waals surface area contributed by atoms with Gasteiger partial charge in [0, 0.05) is 22.6 Å². The van der Waals surface area contributed by atoms with Gasteiger partial charge in [-0.05, 0) is 18.4 Å².